The van der Waals surface area contributed by atoms with Gasteiger partial charge in [0.1, 0.15) is 0 Å². The lowest BCUT2D eigenvalue weighted by molar-refractivity contribution is -0.00951. The number of hydrogen-bond donors (Lipinski definition) is 0. The second-order valence-corrected chi connectivity index (χ2v) is 7.66. The van der Waals surface area contributed by atoms with Crippen molar-refractivity contribution in [3.8, 4) is 0 Å². The van der Waals surface area contributed by atoms with Gasteiger partial charge in [0.05, 0.1) is 0 Å². The third-order valence-electron chi connectivity index (χ3n) is 3.66. The lowest BCUT2D eigenvalue weighted by Crippen LogP contribution is -2.40. The van der Waals surface area contributed by atoms with E-state index in [9.17, 15) is 0 Å². The first-order chi connectivity index (χ1) is 8.65. The summed E-state index contributed by atoms with van der Waals surface area (Å²) >= 11 is 0. The van der Waals surface area contributed by atoms with E-state index in [1.807, 2.05) is 0 Å². The Bertz CT molecular complexity index is 193. The van der Waals surface area contributed by atoms with Crippen molar-refractivity contribution in [3.05, 3.63) is 0 Å². The quantitative estimate of drug-likeness (QED) is 0.597. The van der Waals surface area contributed by atoms with Gasteiger partial charge in [-0.25, -0.2) is 0 Å². The van der Waals surface area contributed by atoms with E-state index in [1.54, 1.807) is 0 Å². The number of rotatable bonds is 9. The van der Waals surface area contributed by atoms with E-state index in [-0.39, 0.29) is 18.3 Å². The molecule has 19 heavy (non-hydrogen) atoms. The van der Waals surface area contributed by atoms with Crippen LogP contribution in [0.1, 0.15) is 62.3 Å². The highest BCUT2D eigenvalue weighted by Crippen LogP contribution is 2.16. The molecule has 0 N–H and O–H groups in total. The summed E-state index contributed by atoms with van der Waals surface area (Å²) in [6, 6.07) is 0. The van der Waals surface area contributed by atoms with Crippen molar-refractivity contribution >= 4 is 9.53 Å². The van der Waals surface area contributed by atoms with E-state index in [1.165, 1.54) is 0 Å². The second kappa shape index (κ2) is 9.11. The van der Waals surface area contributed by atoms with Crippen LogP contribution in [-0.2, 0) is 13.3 Å². The molecule has 0 spiro atoms. The maximum Gasteiger partial charge on any atom is 0.578 e. The molecule has 0 bridgehead atoms. The van der Waals surface area contributed by atoms with E-state index in [0.29, 0.717) is 17.8 Å². The summed E-state index contributed by atoms with van der Waals surface area (Å²) in [5, 5.41) is 0. The van der Waals surface area contributed by atoms with Gasteiger partial charge in [-0.15, -0.1) is 0 Å². The van der Waals surface area contributed by atoms with Crippen LogP contribution in [0, 0.1) is 17.8 Å². The fourth-order valence-corrected chi connectivity index (χ4v) is 2.84. The lowest BCUT2D eigenvalue weighted by atomic mass is 10.1. The Morgan fingerprint density at radius 2 is 0.684 bits per heavy atom. The maximum absolute atomic E-state index is 6.01. The third-order valence-corrected chi connectivity index (χ3v) is 5.36. The molecule has 0 amide bonds. The zero-order valence-electron chi connectivity index (χ0n) is 14.2. The fourth-order valence-electron chi connectivity index (χ4n) is 0.947. The summed E-state index contributed by atoms with van der Waals surface area (Å²) in [5.74, 6) is 1.41. The largest absolute Gasteiger partial charge is 0.578 e. The van der Waals surface area contributed by atoms with Crippen molar-refractivity contribution in [2.24, 2.45) is 17.8 Å². The van der Waals surface area contributed by atoms with Gasteiger partial charge >= 0.3 is 9.53 Å². The SMILES string of the molecule is CC(C)C(C)O[Si](OC(C)C(C)C)OC(C)C(C)C. The van der Waals surface area contributed by atoms with E-state index in [0.717, 1.165) is 0 Å². The van der Waals surface area contributed by atoms with Crippen LogP contribution in [0.15, 0.2) is 0 Å². The third kappa shape index (κ3) is 8.08. The van der Waals surface area contributed by atoms with Crippen LogP contribution in [0.25, 0.3) is 0 Å². The first-order valence-electron chi connectivity index (χ1n) is 7.52. The Balaban J connectivity index is 4.54. The molecule has 115 valence electrons. The molecule has 0 saturated heterocycles. The van der Waals surface area contributed by atoms with Crippen LogP contribution in [0.2, 0.25) is 0 Å². The molecule has 0 aromatic rings. The molecule has 3 atom stereocenters. The molecule has 0 aromatic heterocycles. The highest BCUT2D eigenvalue weighted by atomic mass is 28.3. The maximum atomic E-state index is 6.01. The van der Waals surface area contributed by atoms with Crippen molar-refractivity contribution in [3.63, 3.8) is 0 Å². The Labute approximate surface area is 122 Å². The Morgan fingerprint density at radius 1 is 0.474 bits per heavy atom. The van der Waals surface area contributed by atoms with E-state index < -0.39 is 9.53 Å². The molecule has 0 saturated carbocycles. The van der Waals surface area contributed by atoms with Crippen LogP contribution >= 0.6 is 0 Å². The molecule has 0 aliphatic rings. The van der Waals surface area contributed by atoms with Gasteiger partial charge < -0.3 is 13.3 Å². The molecular formula is C15H33O3Si. The zero-order valence-corrected chi connectivity index (χ0v) is 15.2. The smallest absolute Gasteiger partial charge is 0.368 e. The molecule has 0 aliphatic heterocycles. The first kappa shape index (κ1) is 19.1. The van der Waals surface area contributed by atoms with Crippen LogP contribution in [0.4, 0.5) is 0 Å². The molecule has 4 heteroatoms. The summed E-state index contributed by atoms with van der Waals surface area (Å²) in [7, 11) is -1.68. The first-order valence-corrected chi connectivity index (χ1v) is 8.74. The Kier molecular flexibility index (Phi) is 9.16. The Hall–Kier alpha value is 0.0969. The molecule has 0 fully saturated rings. The van der Waals surface area contributed by atoms with E-state index >= 15 is 0 Å². The predicted molar refractivity (Wildman–Crippen MR) is 81.9 cm³/mol. The van der Waals surface area contributed by atoms with Crippen LogP contribution in [0.3, 0.4) is 0 Å². The van der Waals surface area contributed by atoms with E-state index in [2.05, 4.69) is 62.3 Å². The highest BCUT2D eigenvalue weighted by Gasteiger charge is 2.30. The van der Waals surface area contributed by atoms with Gasteiger partial charge in [-0.1, -0.05) is 41.5 Å². The van der Waals surface area contributed by atoms with E-state index in [4.69, 9.17) is 13.3 Å². The minimum Gasteiger partial charge on any atom is -0.368 e. The molecule has 3 nitrogen and oxygen atoms in total. The summed E-state index contributed by atoms with van der Waals surface area (Å²) in [5.41, 5.74) is 0. The average Bonchev–Trinajstić information content (AvgIpc) is 2.27. The molecular weight excluding hydrogens is 256 g/mol. The standard InChI is InChI=1S/C15H33O3Si/c1-10(2)13(7)16-19(17-14(8)11(3)4)18-15(9)12(5)6/h10-15H,1-9H3. The predicted octanol–water partition coefficient (Wildman–Crippen LogP) is 4.15. The summed E-state index contributed by atoms with van der Waals surface area (Å²) < 4.78 is 18.0. The van der Waals surface area contributed by atoms with Gasteiger partial charge in [-0.3, -0.25) is 0 Å². The van der Waals surface area contributed by atoms with Gasteiger partial charge in [0.2, 0.25) is 0 Å². The lowest BCUT2D eigenvalue weighted by Gasteiger charge is -2.28. The number of hydrogen-bond acceptors (Lipinski definition) is 3. The molecule has 3 unspecified atom stereocenters. The topological polar surface area (TPSA) is 27.7 Å². The highest BCUT2D eigenvalue weighted by molar-refractivity contribution is 6.36. The fraction of sp³-hybridized carbons (Fsp3) is 1.00. The minimum absolute atomic E-state index is 0.160. The molecule has 1 radical (unpaired) electrons. The van der Waals surface area contributed by atoms with Gasteiger partial charge in [-0.05, 0) is 38.5 Å². The summed E-state index contributed by atoms with van der Waals surface area (Å²) in [6.45, 7) is 19.2. The summed E-state index contributed by atoms with van der Waals surface area (Å²) in [4.78, 5) is 0. The molecule has 0 aromatic carbocycles. The van der Waals surface area contributed by atoms with Gasteiger partial charge in [0.25, 0.3) is 0 Å². The van der Waals surface area contributed by atoms with Gasteiger partial charge in [-0.2, -0.15) is 0 Å². The second-order valence-electron chi connectivity index (χ2n) is 6.45. The molecule has 0 aliphatic carbocycles. The monoisotopic (exact) mass is 289 g/mol. The van der Waals surface area contributed by atoms with Crippen molar-refractivity contribution in [1.29, 1.82) is 0 Å². The minimum atomic E-state index is -1.68. The van der Waals surface area contributed by atoms with Crippen LogP contribution in [-0.4, -0.2) is 27.8 Å². The van der Waals surface area contributed by atoms with Crippen LogP contribution < -0.4 is 0 Å². The van der Waals surface area contributed by atoms with Crippen molar-refractivity contribution in [2.45, 2.75) is 80.6 Å². The average molecular weight is 290 g/mol. The molecule has 0 heterocycles. The van der Waals surface area contributed by atoms with Gasteiger partial charge in [0.15, 0.2) is 0 Å². The summed E-state index contributed by atoms with van der Waals surface area (Å²) in [6.07, 6.45) is 0.479. The van der Waals surface area contributed by atoms with Crippen molar-refractivity contribution in [2.75, 3.05) is 0 Å². The van der Waals surface area contributed by atoms with Crippen LogP contribution in [0.5, 0.6) is 0 Å². The molecule has 0 rings (SSSR count). The van der Waals surface area contributed by atoms with Gasteiger partial charge in [0, 0.05) is 18.3 Å². The zero-order chi connectivity index (χ0) is 15.2. The van der Waals surface area contributed by atoms with Crippen molar-refractivity contribution in [1.82, 2.24) is 0 Å². The Morgan fingerprint density at radius 3 is 0.842 bits per heavy atom. The van der Waals surface area contributed by atoms with Crippen molar-refractivity contribution < 1.29 is 13.3 Å². The normalized spacial score (nSPS) is 17.5.